The Labute approximate surface area is 214 Å². The van der Waals surface area contributed by atoms with Crippen LogP contribution in [0.15, 0.2) is 54.7 Å². The second kappa shape index (κ2) is 11.1. The third kappa shape index (κ3) is 6.30. The van der Waals surface area contributed by atoms with E-state index < -0.39 is 8.07 Å². The zero-order valence-electron chi connectivity index (χ0n) is 21.4. The molecule has 2 aliphatic rings. The molecule has 192 valence electrons. The molecule has 8 heteroatoms. The molecule has 2 aliphatic heterocycles. The second-order valence-electron chi connectivity index (χ2n) is 10.6. The summed E-state index contributed by atoms with van der Waals surface area (Å²) in [4.78, 5) is 4.96. The van der Waals surface area contributed by atoms with Crippen LogP contribution in [0.25, 0.3) is 11.3 Å². The molecule has 1 unspecified atom stereocenters. The minimum atomic E-state index is -1.17. The number of hydrogen-bond donors (Lipinski definition) is 0. The molecule has 7 nitrogen and oxygen atoms in total. The summed E-state index contributed by atoms with van der Waals surface area (Å²) in [5, 5.41) is 0. The molecule has 3 heterocycles. The van der Waals surface area contributed by atoms with Gasteiger partial charge in [-0.2, -0.15) is 0 Å². The predicted molar refractivity (Wildman–Crippen MR) is 141 cm³/mol. The summed E-state index contributed by atoms with van der Waals surface area (Å²) < 4.78 is 32.4. The van der Waals surface area contributed by atoms with Gasteiger partial charge >= 0.3 is 0 Å². The highest BCUT2D eigenvalue weighted by molar-refractivity contribution is 6.76. The second-order valence-corrected chi connectivity index (χ2v) is 16.2. The lowest BCUT2D eigenvalue weighted by Gasteiger charge is -2.28. The third-order valence-electron chi connectivity index (χ3n) is 6.37. The van der Waals surface area contributed by atoms with E-state index in [-0.39, 0.29) is 12.4 Å². The van der Waals surface area contributed by atoms with Crippen molar-refractivity contribution in [1.82, 2.24) is 9.55 Å². The van der Waals surface area contributed by atoms with Crippen molar-refractivity contribution in [2.75, 3.05) is 19.8 Å². The van der Waals surface area contributed by atoms with Crippen LogP contribution in [0, 0.1) is 0 Å². The standard InChI is InChI=1S/C28H36N2O5Si/c1-36(2,3)16-15-31-20-30-18-23(21-9-5-4-6-10-21)29-28(30)26-19-33-24-13-12-22(17-25(24)35-26)34-27-11-7-8-14-32-27/h4-6,9-10,12-13,17-18,26-27H,7-8,11,14-16,19-20H2,1-3H3/t26-,27?/m1/s1. The van der Waals surface area contributed by atoms with Crippen molar-refractivity contribution in [1.29, 1.82) is 0 Å². The van der Waals surface area contributed by atoms with E-state index in [1.807, 2.05) is 47.2 Å². The maximum Gasteiger partial charge on any atom is 0.199 e. The van der Waals surface area contributed by atoms with E-state index in [0.29, 0.717) is 30.6 Å². The minimum Gasteiger partial charge on any atom is -0.485 e. The molecule has 0 aliphatic carbocycles. The van der Waals surface area contributed by atoms with Crippen LogP contribution in [-0.2, 0) is 16.2 Å². The first-order valence-electron chi connectivity index (χ1n) is 12.9. The quantitative estimate of drug-likeness (QED) is 0.250. The SMILES string of the molecule is C[Si](C)(C)CCOCn1cc(-c2ccccc2)nc1[C@H]1COc2ccc(OC3CCCCO3)cc2O1. The normalized spacial score (nSPS) is 19.8. The monoisotopic (exact) mass is 508 g/mol. The Kier molecular flexibility index (Phi) is 7.64. The topological polar surface area (TPSA) is 64.0 Å². The van der Waals surface area contributed by atoms with E-state index in [1.165, 1.54) is 0 Å². The molecular formula is C28H36N2O5Si. The third-order valence-corrected chi connectivity index (χ3v) is 8.08. The molecule has 0 N–H and O–H groups in total. The van der Waals surface area contributed by atoms with Gasteiger partial charge in [0, 0.05) is 38.9 Å². The van der Waals surface area contributed by atoms with E-state index in [0.717, 1.165) is 55.6 Å². The van der Waals surface area contributed by atoms with Crippen molar-refractivity contribution in [3.8, 4) is 28.5 Å². The molecule has 0 radical (unpaired) electrons. The first kappa shape index (κ1) is 24.9. The maximum atomic E-state index is 6.42. The van der Waals surface area contributed by atoms with Crippen LogP contribution < -0.4 is 14.2 Å². The summed E-state index contributed by atoms with van der Waals surface area (Å²) in [6.45, 7) is 9.35. The average Bonchev–Trinajstić information content (AvgIpc) is 3.31. The largest absolute Gasteiger partial charge is 0.485 e. The van der Waals surface area contributed by atoms with Gasteiger partial charge in [0.05, 0.1) is 12.3 Å². The van der Waals surface area contributed by atoms with Gasteiger partial charge in [-0.25, -0.2) is 4.98 Å². The van der Waals surface area contributed by atoms with Crippen LogP contribution in [0.4, 0.5) is 0 Å². The van der Waals surface area contributed by atoms with Crippen molar-refractivity contribution in [3.05, 3.63) is 60.6 Å². The fourth-order valence-corrected chi connectivity index (χ4v) is 5.05. The minimum absolute atomic E-state index is 0.210. The molecule has 2 atom stereocenters. The molecule has 2 aromatic carbocycles. The highest BCUT2D eigenvalue weighted by Crippen LogP contribution is 2.39. The first-order chi connectivity index (χ1) is 17.4. The number of nitrogens with zero attached hydrogens (tertiary/aromatic N) is 2. The lowest BCUT2D eigenvalue weighted by Crippen LogP contribution is -2.26. The number of aromatic nitrogens is 2. The molecule has 36 heavy (non-hydrogen) atoms. The molecular weight excluding hydrogens is 472 g/mol. The van der Waals surface area contributed by atoms with E-state index in [2.05, 4.69) is 31.8 Å². The van der Waals surface area contributed by atoms with E-state index >= 15 is 0 Å². The zero-order valence-corrected chi connectivity index (χ0v) is 22.4. The van der Waals surface area contributed by atoms with Gasteiger partial charge in [-0.1, -0.05) is 50.0 Å². The Morgan fingerprint density at radius 2 is 1.92 bits per heavy atom. The highest BCUT2D eigenvalue weighted by atomic mass is 28.3. The molecule has 0 bridgehead atoms. The molecule has 5 rings (SSSR count). The van der Waals surface area contributed by atoms with Crippen molar-refractivity contribution in [2.45, 2.75) is 64.1 Å². The molecule has 0 spiro atoms. The number of rotatable bonds is 9. The number of benzene rings is 2. The van der Waals surface area contributed by atoms with Gasteiger partial charge in [0.1, 0.15) is 19.1 Å². The number of imidazole rings is 1. The van der Waals surface area contributed by atoms with Crippen LogP contribution in [0.1, 0.15) is 31.2 Å². The molecule has 1 aromatic heterocycles. The predicted octanol–water partition coefficient (Wildman–Crippen LogP) is 6.28. The van der Waals surface area contributed by atoms with Gasteiger partial charge < -0.3 is 28.3 Å². The number of ether oxygens (including phenoxy) is 5. The van der Waals surface area contributed by atoms with Crippen LogP contribution in [-0.4, -0.2) is 43.7 Å². The van der Waals surface area contributed by atoms with Crippen LogP contribution in [0.3, 0.4) is 0 Å². The maximum absolute atomic E-state index is 6.42. The Balaban J connectivity index is 1.34. The highest BCUT2D eigenvalue weighted by Gasteiger charge is 2.28. The lowest BCUT2D eigenvalue weighted by molar-refractivity contribution is -0.106. The summed E-state index contributed by atoms with van der Waals surface area (Å²) in [6, 6.07) is 17.0. The summed E-state index contributed by atoms with van der Waals surface area (Å²) in [7, 11) is -1.17. The average molecular weight is 509 g/mol. The Hall–Kier alpha value is -2.81. The zero-order chi connectivity index (χ0) is 25.0. The van der Waals surface area contributed by atoms with Gasteiger partial charge in [-0.05, 0) is 31.0 Å². The van der Waals surface area contributed by atoms with Gasteiger partial charge in [0.15, 0.2) is 29.7 Å². The Morgan fingerprint density at radius 1 is 1.06 bits per heavy atom. The molecule has 1 fully saturated rings. The van der Waals surface area contributed by atoms with Gasteiger partial charge in [0.2, 0.25) is 0 Å². The van der Waals surface area contributed by atoms with Crippen LogP contribution in [0.2, 0.25) is 25.7 Å². The molecule has 0 saturated carbocycles. The fourth-order valence-electron chi connectivity index (χ4n) is 4.29. The Morgan fingerprint density at radius 3 is 2.69 bits per heavy atom. The van der Waals surface area contributed by atoms with Gasteiger partial charge in [-0.3, -0.25) is 0 Å². The summed E-state index contributed by atoms with van der Waals surface area (Å²) in [6.07, 6.45) is 4.56. The number of fused-ring (bicyclic) bond motifs is 1. The van der Waals surface area contributed by atoms with Crippen LogP contribution >= 0.6 is 0 Å². The molecule has 0 amide bonds. The van der Waals surface area contributed by atoms with Gasteiger partial charge in [0.25, 0.3) is 0 Å². The van der Waals surface area contributed by atoms with E-state index in [1.54, 1.807) is 0 Å². The first-order valence-corrected chi connectivity index (χ1v) is 16.6. The fraction of sp³-hybridized carbons (Fsp3) is 0.464. The molecule has 1 saturated heterocycles. The smallest absolute Gasteiger partial charge is 0.199 e. The van der Waals surface area contributed by atoms with Crippen molar-refractivity contribution in [2.24, 2.45) is 0 Å². The Bertz CT molecular complexity index is 1140. The molecule has 3 aromatic rings. The summed E-state index contributed by atoms with van der Waals surface area (Å²) in [5.74, 6) is 2.85. The van der Waals surface area contributed by atoms with Crippen molar-refractivity contribution in [3.63, 3.8) is 0 Å². The van der Waals surface area contributed by atoms with Gasteiger partial charge in [-0.15, -0.1) is 0 Å². The summed E-state index contributed by atoms with van der Waals surface area (Å²) in [5.41, 5.74) is 1.94. The van der Waals surface area contributed by atoms with E-state index in [9.17, 15) is 0 Å². The lowest BCUT2D eigenvalue weighted by atomic mass is 10.2. The van der Waals surface area contributed by atoms with Crippen molar-refractivity contribution >= 4 is 8.07 Å². The summed E-state index contributed by atoms with van der Waals surface area (Å²) >= 11 is 0. The van der Waals surface area contributed by atoms with Crippen molar-refractivity contribution < 1.29 is 23.7 Å². The van der Waals surface area contributed by atoms with Crippen LogP contribution in [0.5, 0.6) is 17.2 Å². The number of hydrogen-bond acceptors (Lipinski definition) is 6. The van der Waals surface area contributed by atoms with E-state index in [4.69, 9.17) is 28.7 Å².